The molecule has 2 rings (SSSR count). The van der Waals surface area contributed by atoms with Gasteiger partial charge in [-0.3, -0.25) is 4.79 Å². The van der Waals surface area contributed by atoms with E-state index in [1.165, 1.54) is 0 Å². The van der Waals surface area contributed by atoms with E-state index in [0.29, 0.717) is 25.5 Å². The summed E-state index contributed by atoms with van der Waals surface area (Å²) in [6, 6.07) is 14.7. The Labute approximate surface area is 153 Å². The van der Waals surface area contributed by atoms with Crippen LogP contribution in [0.5, 0.6) is 5.75 Å². The zero-order chi connectivity index (χ0) is 18.8. The van der Waals surface area contributed by atoms with Gasteiger partial charge in [0, 0.05) is 13.7 Å². The Morgan fingerprint density at radius 1 is 1.08 bits per heavy atom. The van der Waals surface area contributed by atoms with Crippen molar-refractivity contribution in [1.82, 2.24) is 5.32 Å². The van der Waals surface area contributed by atoms with Crippen molar-refractivity contribution in [3.63, 3.8) is 0 Å². The number of rotatable bonds is 9. The van der Waals surface area contributed by atoms with E-state index in [4.69, 9.17) is 14.2 Å². The maximum absolute atomic E-state index is 12.3. The Morgan fingerprint density at radius 2 is 1.88 bits per heavy atom. The van der Waals surface area contributed by atoms with Crippen molar-refractivity contribution >= 4 is 11.9 Å². The van der Waals surface area contributed by atoms with Gasteiger partial charge in [0.05, 0.1) is 6.61 Å². The number of carbonyl (C=O) groups excluding carboxylic acids is 2. The maximum atomic E-state index is 12.3. The van der Waals surface area contributed by atoms with Gasteiger partial charge < -0.3 is 19.5 Å². The van der Waals surface area contributed by atoms with E-state index >= 15 is 0 Å². The first-order valence-corrected chi connectivity index (χ1v) is 8.30. The number of hydrogen-bond acceptors (Lipinski definition) is 5. The smallest absolute Gasteiger partial charge is 0.342 e. The number of amides is 1. The first kappa shape index (κ1) is 19.5. The van der Waals surface area contributed by atoms with Crippen molar-refractivity contribution < 1.29 is 23.8 Å². The third-order valence-corrected chi connectivity index (χ3v) is 3.55. The van der Waals surface area contributed by atoms with Crippen LogP contribution in [0.3, 0.4) is 0 Å². The Hall–Kier alpha value is -2.86. The maximum Gasteiger partial charge on any atom is 0.342 e. The number of esters is 1. The first-order valence-electron chi connectivity index (χ1n) is 8.30. The van der Waals surface area contributed by atoms with Crippen molar-refractivity contribution in [1.29, 1.82) is 0 Å². The third kappa shape index (κ3) is 6.22. The molecule has 0 aliphatic heterocycles. The molecule has 138 valence electrons. The van der Waals surface area contributed by atoms with Crippen LogP contribution >= 0.6 is 0 Å². The molecule has 1 N–H and O–H groups in total. The SMILES string of the molecule is COCCNC(=O)COC(=O)c1ccccc1OCc1cccc(C)c1. The largest absolute Gasteiger partial charge is 0.488 e. The van der Waals surface area contributed by atoms with Crippen LogP contribution in [0.25, 0.3) is 0 Å². The zero-order valence-electron chi connectivity index (χ0n) is 15.0. The van der Waals surface area contributed by atoms with Crippen molar-refractivity contribution in [2.24, 2.45) is 0 Å². The van der Waals surface area contributed by atoms with Gasteiger partial charge in [0.2, 0.25) is 0 Å². The summed E-state index contributed by atoms with van der Waals surface area (Å²) in [5.74, 6) is -0.570. The van der Waals surface area contributed by atoms with Gasteiger partial charge in [-0.05, 0) is 24.6 Å². The number of nitrogens with one attached hydrogen (secondary N) is 1. The standard InChI is InChI=1S/C20H23NO5/c1-15-6-5-7-16(12-15)13-25-18-9-4-3-8-17(18)20(23)26-14-19(22)21-10-11-24-2/h3-9,12H,10-11,13-14H2,1-2H3,(H,21,22). The number of carbonyl (C=O) groups is 2. The summed E-state index contributed by atoms with van der Waals surface area (Å²) in [5, 5.41) is 2.58. The van der Waals surface area contributed by atoms with E-state index in [0.717, 1.165) is 11.1 Å². The van der Waals surface area contributed by atoms with E-state index < -0.39 is 5.97 Å². The Morgan fingerprint density at radius 3 is 2.65 bits per heavy atom. The van der Waals surface area contributed by atoms with Crippen LogP contribution in [0.2, 0.25) is 0 Å². The molecule has 0 aliphatic carbocycles. The van der Waals surface area contributed by atoms with Gasteiger partial charge >= 0.3 is 5.97 Å². The number of ether oxygens (including phenoxy) is 3. The van der Waals surface area contributed by atoms with E-state index in [1.807, 2.05) is 31.2 Å². The number of aryl methyl sites for hydroxylation is 1. The summed E-state index contributed by atoms with van der Waals surface area (Å²) in [6.07, 6.45) is 0. The fourth-order valence-electron chi connectivity index (χ4n) is 2.28. The average Bonchev–Trinajstić information content (AvgIpc) is 2.65. The van der Waals surface area contributed by atoms with Crippen molar-refractivity contribution in [3.05, 3.63) is 65.2 Å². The molecule has 0 aliphatic rings. The fourth-order valence-corrected chi connectivity index (χ4v) is 2.28. The molecule has 0 aromatic heterocycles. The van der Waals surface area contributed by atoms with Gasteiger partial charge in [-0.25, -0.2) is 4.79 Å². The van der Waals surface area contributed by atoms with Crippen LogP contribution in [0.1, 0.15) is 21.5 Å². The van der Waals surface area contributed by atoms with Crippen molar-refractivity contribution in [3.8, 4) is 5.75 Å². The summed E-state index contributed by atoms with van der Waals surface area (Å²) in [6.45, 7) is 2.75. The molecule has 2 aromatic rings. The van der Waals surface area contributed by atoms with Gasteiger partial charge in [0.25, 0.3) is 5.91 Å². The van der Waals surface area contributed by atoms with Crippen LogP contribution in [-0.2, 0) is 20.9 Å². The number of methoxy groups -OCH3 is 1. The van der Waals surface area contributed by atoms with E-state index in [9.17, 15) is 9.59 Å². The quantitative estimate of drug-likeness (QED) is 0.551. The minimum Gasteiger partial charge on any atom is -0.488 e. The molecule has 0 spiro atoms. The molecule has 6 heteroatoms. The van der Waals surface area contributed by atoms with Crippen LogP contribution in [0.15, 0.2) is 48.5 Å². The molecule has 0 fully saturated rings. The molecule has 0 saturated heterocycles. The Bertz CT molecular complexity index is 744. The highest BCUT2D eigenvalue weighted by Crippen LogP contribution is 2.20. The summed E-state index contributed by atoms with van der Waals surface area (Å²) < 4.78 is 15.7. The lowest BCUT2D eigenvalue weighted by molar-refractivity contribution is -0.124. The molecule has 0 bridgehead atoms. The summed E-state index contributed by atoms with van der Waals surface area (Å²) in [7, 11) is 1.54. The molecule has 1 amide bonds. The normalized spacial score (nSPS) is 10.2. The van der Waals surface area contributed by atoms with Gasteiger partial charge in [0.1, 0.15) is 17.9 Å². The first-order chi connectivity index (χ1) is 12.6. The van der Waals surface area contributed by atoms with Crippen LogP contribution in [-0.4, -0.2) is 38.7 Å². The predicted molar refractivity (Wildman–Crippen MR) is 97.1 cm³/mol. The number of benzene rings is 2. The fraction of sp³-hybridized carbons (Fsp3) is 0.300. The lowest BCUT2D eigenvalue weighted by atomic mass is 10.1. The Kier molecular flexibility index (Phi) is 7.64. The third-order valence-electron chi connectivity index (χ3n) is 3.55. The summed E-state index contributed by atoms with van der Waals surface area (Å²) in [4.78, 5) is 23.9. The van der Waals surface area contributed by atoms with Gasteiger partial charge in [-0.2, -0.15) is 0 Å². The lowest BCUT2D eigenvalue weighted by Gasteiger charge is -2.11. The number of hydrogen-bond donors (Lipinski definition) is 1. The van der Waals surface area contributed by atoms with E-state index in [-0.39, 0.29) is 18.1 Å². The predicted octanol–water partition coefficient (Wildman–Crippen LogP) is 2.49. The second-order valence-corrected chi connectivity index (χ2v) is 5.69. The highest BCUT2D eigenvalue weighted by molar-refractivity contribution is 5.93. The van der Waals surface area contributed by atoms with Crippen LogP contribution in [0.4, 0.5) is 0 Å². The van der Waals surface area contributed by atoms with Crippen LogP contribution < -0.4 is 10.1 Å². The molecule has 0 unspecified atom stereocenters. The average molecular weight is 357 g/mol. The molecular formula is C20H23NO5. The minimum absolute atomic E-state index is 0.282. The highest BCUT2D eigenvalue weighted by Gasteiger charge is 2.15. The highest BCUT2D eigenvalue weighted by atomic mass is 16.5. The summed E-state index contributed by atoms with van der Waals surface area (Å²) >= 11 is 0. The van der Waals surface area contributed by atoms with Crippen molar-refractivity contribution in [2.75, 3.05) is 26.9 Å². The minimum atomic E-state index is -0.605. The van der Waals surface area contributed by atoms with Crippen LogP contribution in [0, 0.1) is 6.92 Å². The van der Waals surface area contributed by atoms with Gasteiger partial charge in [-0.15, -0.1) is 0 Å². The molecule has 6 nitrogen and oxygen atoms in total. The zero-order valence-corrected chi connectivity index (χ0v) is 15.0. The topological polar surface area (TPSA) is 73.9 Å². The number of para-hydroxylation sites is 1. The van der Waals surface area contributed by atoms with E-state index in [1.54, 1.807) is 31.4 Å². The van der Waals surface area contributed by atoms with Gasteiger partial charge in [0.15, 0.2) is 6.61 Å². The molecule has 0 radical (unpaired) electrons. The van der Waals surface area contributed by atoms with E-state index in [2.05, 4.69) is 5.32 Å². The second kappa shape index (κ2) is 10.2. The molecule has 0 atom stereocenters. The summed E-state index contributed by atoms with van der Waals surface area (Å²) in [5.41, 5.74) is 2.42. The molecule has 0 saturated carbocycles. The van der Waals surface area contributed by atoms with Crippen molar-refractivity contribution in [2.45, 2.75) is 13.5 Å². The Balaban J connectivity index is 1.92. The molecule has 26 heavy (non-hydrogen) atoms. The molecular weight excluding hydrogens is 334 g/mol. The lowest BCUT2D eigenvalue weighted by Crippen LogP contribution is -2.31. The second-order valence-electron chi connectivity index (χ2n) is 5.69. The molecule has 0 heterocycles. The van der Waals surface area contributed by atoms with Gasteiger partial charge in [-0.1, -0.05) is 42.0 Å². The monoisotopic (exact) mass is 357 g/mol. The molecule has 2 aromatic carbocycles.